The monoisotopic (exact) mass is 321 g/mol. The molecule has 1 saturated heterocycles. The van der Waals surface area contributed by atoms with E-state index in [0.29, 0.717) is 13.2 Å². The lowest BCUT2D eigenvalue weighted by Gasteiger charge is -2.48. The Balaban J connectivity index is 1.84. The number of ether oxygens (including phenoxy) is 2. The third kappa shape index (κ3) is 3.28. The van der Waals surface area contributed by atoms with Crippen LogP contribution in [0, 0.1) is 5.92 Å². The molecule has 1 heterocycles. The van der Waals surface area contributed by atoms with E-state index in [0.717, 1.165) is 30.4 Å². The summed E-state index contributed by atoms with van der Waals surface area (Å²) in [5.41, 5.74) is 1.54. The van der Waals surface area contributed by atoms with Gasteiger partial charge in [0.25, 0.3) is 0 Å². The molecule has 1 aliphatic heterocycles. The highest BCUT2D eigenvalue weighted by Gasteiger charge is 2.47. The van der Waals surface area contributed by atoms with Crippen molar-refractivity contribution in [2.45, 2.75) is 44.4 Å². The zero-order valence-corrected chi connectivity index (χ0v) is 13.5. The van der Waals surface area contributed by atoms with Crippen molar-refractivity contribution in [2.75, 3.05) is 13.2 Å². The van der Waals surface area contributed by atoms with Crippen LogP contribution in [-0.4, -0.2) is 40.8 Å². The second-order valence-electron chi connectivity index (χ2n) is 6.96. The van der Waals surface area contributed by atoms with Gasteiger partial charge in [-0.2, -0.15) is 0 Å². The van der Waals surface area contributed by atoms with Gasteiger partial charge in [0, 0.05) is 0 Å². The van der Waals surface area contributed by atoms with Gasteiger partial charge in [-0.15, -0.1) is 0 Å². The number of amides is 1. The van der Waals surface area contributed by atoms with Crippen LogP contribution in [0.3, 0.4) is 0 Å². The van der Waals surface area contributed by atoms with Gasteiger partial charge < -0.3 is 25.0 Å². The van der Waals surface area contributed by atoms with Crippen LogP contribution in [0.15, 0.2) is 18.2 Å². The maximum absolute atomic E-state index is 11.3. The molecule has 1 fully saturated rings. The van der Waals surface area contributed by atoms with Crippen LogP contribution < -0.4 is 5.32 Å². The molecule has 0 aromatic heterocycles. The summed E-state index contributed by atoms with van der Waals surface area (Å²) in [5, 5.41) is 21.5. The van der Waals surface area contributed by atoms with Gasteiger partial charge in [-0.05, 0) is 62.3 Å². The van der Waals surface area contributed by atoms with Gasteiger partial charge in [0.15, 0.2) is 5.79 Å². The van der Waals surface area contributed by atoms with Gasteiger partial charge in [-0.3, -0.25) is 0 Å². The van der Waals surface area contributed by atoms with Gasteiger partial charge in [0.1, 0.15) is 5.75 Å². The lowest BCUT2D eigenvalue weighted by Crippen LogP contribution is -2.65. The quantitative estimate of drug-likeness (QED) is 0.778. The summed E-state index contributed by atoms with van der Waals surface area (Å²) < 4.78 is 11.5. The topological polar surface area (TPSA) is 88.0 Å². The van der Waals surface area contributed by atoms with E-state index >= 15 is 0 Å². The van der Waals surface area contributed by atoms with Crippen molar-refractivity contribution in [2.24, 2.45) is 5.92 Å². The van der Waals surface area contributed by atoms with Crippen molar-refractivity contribution >= 4 is 6.09 Å². The first-order chi connectivity index (χ1) is 10.8. The number of rotatable bonds is 2. The minimum Gasteiger partial charge on any atom is -0.508 e. The Labute approximate surface area is 135 Å². The molecular formula is C17H23NO5. The fourth-order valence-corrected chi connectivity index (χ4v) is 3.52. The van der Waals surface area contributed by atoms with Crippen LogP contribution in [0.2, 0.25) is 0 Å². The predicted molar refractivity (Wildman–Crippen MR) is 83.5 cm³/mol. The number of phenols is 1. The number of phenolic OH excluding ortho intramolecular Hbond substituents is 1. The molecule has 3 N–H and O–H groups in total. The third-order valence-corrected chi connectivity index (χ3v) is 4.91. The van der Waals surface area contributed by atoms with Gasteiger partial charge in [0.2, 0.25) is 0 Å². The molecule has 1 unspecified atom stereocenters. The molecule has 0 saturated carbocycles. The summed E-state index contributed by atoms with van der Waals surface area (Å²) in [7, 11) is 0. The molecule has 0 radical (unpaired) electrons. The van der Waals surface area contributed by atoms with Crippen molar-refractivity contribution in [1.29, 1.82) is 0 Å². The molecule has 3 rings (SSSR count). The largest absolute Gasteiger partial charge is 0.508 e. The van der Waals surface area contributed by atoms with E-state index in [1.54, 1.807) is 12.1 Å². The van der Waals surface area contributed by atoms with Crippen LogP contribution >= 0.6 is 0 Å². The number of aryl methyl sites for hydroxylation is 1. The Morgan fingerprint density at radius 3 is 2.61 bits per heavy atom. The molecule has 0 bridgehead atoms. The fourth-order valence-electron chi connectivity index (χ4n) is 3.52. The van der Waals surface area contributed by atoms with Crippen LogP contribution in [-0.2, 0) is 22.3 Å². The summed E-state index contributed by atoms with van der Waals surface area (Å²) in [6.45, 7) is 4.25. The lowest BCUT2D eigenvalue weighted by atomic mass is 9.72. The Morgan fingerprint density at radius 2 is 1.96 bits per heavy atom. The first-order valence-electron chi connectivity index (χ1n) is 7.89. The van der Waals surface area contributed by atoms with E-state index < -0.39 is 17.4 Å². The average molecular weight is 321 g/mol. The zero-order chi connectivity index (χ0) is 16.7. The summed E-state index contributed by atoms with van der Waals surface area (Å²) >= 11 is 0. The van der Waals surface area contributed by atoms with Gasteiger partial charge in [-0.1, -0.05) is 6.07 Å². The first-order valence-corrected chi connectivity index (χ1v) is 7.89. The molecule has 23 heavy (non-hydrogen) atoms. The number of carbonyl (C=O) groups is 1. The van der Waals surface area contributed by atoms with E-state index in [1.165, 1.54) is 0 Å². The van der Waals surface area contributed by atoms with Crippen LogP contribution in [0.25, 0.3) is 0 Å². The van der Waals surface area contributed by atoms with Crippen molar-refractivity contribution in [3.05, 3.63) is 29.3 Å². The molecule has 1 amide bonds. The number of hydrogen-bond donors (Lipinski definition) is 3. The van der Waals surface area contributed by atoms with Crippen LogP contribution in [0.1, 0.15) is 31.4 Å². The summed E-state index contributed by atoms with van der Waals surface area (Å²) in [4.78, 5) is 11.3. The molecule has 126 valence electrons. The normalized spacial score (nSPS) is 25.4. The molecule has 1 aromatic carbocycles. The van der Waals surface area contributed by atoms with Crippen molar-refractivity contribution in [3.63, 3.8) is 0 Å². The second-order valence-corrected chi connectivity index (χ2v) is 6.96. The number of nitrogens with one attached hydrogen (secondary N) is 1. The maximum Gasteiger partial charge on any atom is 0.405 e. The van der Waals surface area contributed by atoms with Gasteiger partial charge >= 0.3 is 6.09 Å². The fraction of sp³-hybridized carbons (Fsp3) is 0.588. The lowest BCUT2D eigenvalue weighted by molar-refractivity contribution is -0.277. The van der Waals surface area contributed by atoms with Gasteiger partial charge in [0.05, 0.1) is 18.8 Å². The van der Waals surface area contributed by atoms with Crippen molar-refractivity contribution < 1.29 is 24.5 Å². The highest BCUT2D eigenvalue weighted by atomic mass is 16.7. The number of benzene rings is 1. The minimum absolute atomic E-state index is 0.0896. The zero-order valence-electron chi connectivity index (χ0n) is 13.5. The summed E-state index contributed by atoms with van der Waals surface area (Å²) in [5.74, 6) is -0.333. The average Bonchev–Trinajstić information content (AvgIpc) is 2.49. The molecule has 6 heteroatoms. The van der Waals surface area contributed by atoms with E-state index in [-0.39, 0.29) is 11.7 Å². The highest BCUT2D eigenvalue weighted by molar-refractivity contribution is 5.66. The predicted octanol–water partition coefficient (Wildman–Crippen LogP) is 2.29. The van der Waals surface area contributed by atoms with E-state index in [4.69, 9.17) is 9.47 Å². The number of aromatic hydroxyl groups is 1. The third-order valence-electron chi connectivity index (χ3n) is 4.91. The molecule has 1 aliphatic carbocycles. The van der Waals surface area contributed by atoms with Crippen LogP contribution in [0.4, 0.5) is 4.79 Å². The molecular weight excluding hydrogens is 298 g/mol. The van der Waals surface area contributed by atoms with E-state index in [1.807, 2.05) is 19.9 Å². The standard InChI is InChI=1S/C17H23NO5/c1-16(2)22-9-17(10-23-16,18-15(20)21)13-5-3-12-8-14(19)6-4-11(12)7-13/h4,6,8,13,18-19H,3,5,7,9-10H2,1-2H3,(H,20,21). The Bertz CT molecular complexity index is 603. The molecule has 6 nitrogen and oxygen atoms in total. The minimum atomic E-state index is -1.06. The van der Waals surface area contributed by atoms with Gasteiger partial charge in [-0.25, -0.2) is 4.79 Å². The van der Waals surface area contributed by atoms with Crippen molar-refractivity contribution in [1.82, 2.24) is 5.32 Å². The molecule has 0 spiro atoms. The van der Waals surface area contributed by atoms with Crippen LogP contribution in [0.5, 0.6) is 5.75 Å². The number of fused-ring (bicyclic) bond motifs is 1. The Kier molecular flexibility index (Phi) is 3.98. The SMILES string of the molecule is CC1(C)OCC(NC(=O)O)(C2CCc3cc(O)ccc3C2)CO1. The highest BCUT2D eigenvalue weighted by Crippen LogP contribution is 2.37. The summed E-state index contributed by atoms with van der Waals surface area (Å²) in [6, 6.07) is 5.38. The Hall–Kier alpha value is -1.79. The maximum atomic E-state index is 11.3. The smallest absolute Gasteiger partial charge is 0.405 e. The molecule has 1 atom stereocenters. The first kappa shape index (κ1) is 16.1. The van der Waals surface area contributed by atoms with Crippen molar-refractivity contribution in [3.8, 4) is 5.75 Å². The summed E-state index contributed by atoms with van der Waals surface area (Å²) in [6.07, 6.45) is 1.31. The molecule has 1 aromatic rings. The molecule has 2 aliphatic rings. The number of carboxylic acid groups (broad SMARTS) is 1. The Morgan fingerprint density at radius 1 is 1.26 bits per heavy atom. The van der Waals surface area contributed by atoms with E-state index in [9.17, 15) is 15.0 Å². The van der Waals surface area contributed by atoms with E-state index in [2.05, 4.69) is 5.32 Å². The second kappa shape index (κ2) is 5.69. The number of hydrogen-bond acceptors (Lipinski definition) is 4.